The molecule has 2 saturated heterocycles. The van der Waals surface area contributed by atoms with Crippen molar-refractivity contribution in [2.45, 2.75) is 88.9 Å². The van der Waals surface area contributed by atoms with Crippen molar-refractivity contribution in [2.24, 2.45) is 11.8 Å². The van der Waals surface area contributed by atoms with Crippen LogP contribution in [0.25, 0.3) is 22.3 Å². The number of hydrogen-bond donors (Lipinski definition) is 5. The molecule has 2 aliphatic carbocycles. The van der Waals surface area contributed by atoms with Crippen LogP contribution in [-0.4, -0.2) is 135 Å². The Morgan fingerprint density at radius 2 is 1.00 bits per heavy atom. The molecule has 8 rings (SSSR count). The molecule has 4 aromatic rings. The number of alkyl carbamates (subject to hydrolysis) is 2. The molecule has 4 aliphatic rings. The van der Waals surface area contributed by atoms with E-state index in [0.717, 1.165) is 22.3 Å². The first-order valence-corrected chi connectivity index (χ1v) is 22.8. The maximum Gasteiger partial charge on any atom is 0.407 e. The number of aliphatic hydroxyl groups is 3. The number of ether oxygens (including phenoxy) is 8. The van der Waals surface area contributed by atoms with Crippen LogP contribution >= 0.6 is 0 Å². The van der Waals surface area contributed by atoms with E-state index in [-0.39, 0.29) is 87.9 Å². The highest BCUT2D eigenvalue weighted by Gasteiger charge is 2.46. The summed E-state index contributed by atoms with van der Waals surface area (Å²) in [6.07, 6.45) is -9.74. The first kappa shape index (κ1) is 52.8. The van der Waals surface area contributed by atoms with Crippen LogP contribution in [0.4, 0.5) is 9.59 Å². The molecule has 19 nitrogen and oxygen atoms in total. The molecular weight excluding hydrogens is 913 g/mol. The molecule has 2 heterocycles. The second kappa shape index (κ2) is 25.4. The van der Waals surface area contributed by atoms with Gasteiger partial charge in [-0.25, -0.2) is 9.59 Å². The van der Waals surface area contributed by atoms with E-state index >= 15 is 0 Å². The van der Waals surface area contributed by atoms with E-state index in [1.54, 1.807) is 0 Å². The Bertz CT molecular complexity index is 2340. The van der Waals surface area contributed by atoms with Crippen molar-refractivity contribution >= 4 is 30.8 Å². The molecule has 2 fully saturated rings. The van der Waals surface area contributed by atoms with Gasteiger partial charge in [-0.1, -0.05) is 111 Å². The molecule has 374 valence electrons. The molecule has 2 amide bonds. The molecule has 0 saturated carbocycles. The number of esters is 1. The van der Waals surface area contributed by atoms with Gasteiger partial charge in [-0.2, -0.15) is 9.59 Å². The quantitative estimate of drug-likeness (QED) is 0.0479. The van der Waals surface area contributed by atoms with E-state index in [9.17, 15) is 34.5 Å². The van der Waals surface area contributed by atoms with Crippen LogP contribution in [-0.2, 0) is 57.1 Å². The largest absolute Gasteiger partial charge is 0.457 e. The lowest BCUT2D eigenvalue weighted by molar-refractivity contribution is -0.339. The summed E-state index contributed by atoms with van der Waals surface area (Å²) in [5, 5.41) is 34.8. The highest BCUT2D eigenvalue weighted by atomic mass is 16.8. The van der Waals surface area contributed by atoms with Crippen LogP contribution < -0.4 is 10.6 Å². The van der Waals surface area contributed by atoms with E-state index in [1.807, 2.05) is 86.6 Å². The van der Waals surface area contributed by atoms with Crippen LogP contribution in [0.3, 0.4) is 0 Å². The Balaban J connectivity index is 0.000000218. The first-order chi connectivity index (χ1) is 33.8. The maximum atomic E-state index is 12.3. The third kappa shape index (κ3) is 12.8. The van der Waals surface area contributed by atoms with Crippen LogP contribution in [0.5, 0.6) is 0 Å². The van der Waals surface area contributed by atoms with Gasteiger partial charge >= 0.3 is 24.3 Å². The highest BCUT2D eigenvalue weighted by molar-refractivity contribution is 5.80. The molecule has 0 bridgehead atoms. The van der Waals surface area contributed by atoms with Gasteiger partial charge in [0, 0.05) is 37.8 Å². The second-order valence-corrected chi connectivity index (χ2v) is 16.9. The van der Waals surface area contributed by atoms with Crippen molar-refractivity contribution in [1.82, 2.24) is 10.6 Å². The minimum atomic E-state index is -1.64. The van der Waals surface area contributed by atoms with Gasteiger partial charge in [-0.3, -0.25) is 9.59 Å². The fraction of sp³-hybridized carbons (Fsp3) is 0.431. The van der Waals surface area contributed by atoms with Gasteiger partial charge in [0.2, 0.25) is 6.29 Å². The normalized spacial score (nSPS) is 25.0. The fourth-order valence-electron chi connectivity index (χ4n) is 8.95. The Morgan fingerprint density at radius 3 is 1.41 bits per heavy atom. The Morgan fingerprint density at radius 1 is 0.600 bits per heavy atom. The van der Waals surface area contributed by atoms with Crippen LogP contribution in [0.1, 0.15) is 61.8 Å². The molecule has 70 heavy (non-hydrogen) atoms. The monoisotopic (exact) mass is 970 g/mol. The SMILES string of the molecule is CC(=O)OC1[C@H](OCCNC(=O)OCC2c3ccccc3-c3ccccc32)OC(C)[C@@H](C)[C@@H]1C.O=C=O.O=COC1O[C@@H](OCCNC(=O)OCC2c3ccccc3-c3ccccc32)C(O)[C@@H](O)[C@@H]1O. The average molecular weight is 971 g/mol. The lowest BCUT2D eigenvalue weighted by Gasteiger charge is -2.42. The number of amides is 2. The van der Waals surface area contributed by atoms with E-state index in [0.29, 0.717) is 0 Å². The van der Waals surface area contributed by atoms with Crippen molar-refractivity contribution in [1.29, 1.82) is 0 Å². The van der Waals surface area contributed by atoms with Gasteiger partial charge in [-0.15, -0.1) is 0 Å². The molecule has 0 aromatic heterocycles. The van der Waals surface area contributed by atoms with Gasteiger partial charge in [0.05, 0.1) is 19.3 Å². The number of fused-ring (bicyclic) bond motifs is 6. The third-order valence-electron chi connectivity index (χ3n) is 12.7. The Labute approximate surface area is 404 Å². The zero-order valence-electron chi connectivity index (χ0n) is 39.0. The van der Waals surface area contributed by atoms with Crippen molar-refractivity contribution < 1.29 is 82.0 Å². The minimum Gasteiger partial charge on any atom is -0.457 e. The summed E-state index contributed by atoms with van der Waals surface area (Å²) in [7, 11) is 0. The molecule has 4 unspecified atom stereocenters. The van der Waals surface area contributed by atoms with Gasteiger partial charge in [-0.05, 0) is 57.3 Å². The van der Waals surface area contributed by atoms with E-state index in [4.69, 9.17) is 42.7 Å². The summed E-state index contributed by atoms with van der Waals surface area (Å²) < 4.78 is 43.2. The van der Waals surface area contributed by atoms with Crippen LogP contribution in [0, 0.1) is 11.8 Å². The molecule has 10 atom stereocenters. The molecule has 2 aliphatic heterocycles. The molecule has 19 heteroatoms. The van der Waals surface area contributed by atoms with Crippen molar-refractivity contribution in [2.75, 3.05) is 39.5 Å². The molecule has 4 aromatic carbocycles. The highest BCUT2D eigenvalue weighted by Crippen LogP contribution is 2.46. The first-order valence-electron chi connectivity index (χ1n) is 22.8. The zero-order chi connectivity index (χ0) is 50.3. The lowest BCUT2D eigenvalue weighted by atomic mass is 9.84. The van der Waals surface area contributed by atoms with Crippen molar-refractivity contribution in [3.8, 4) is 22.3 Å². The predicted octanol–water partition coefficient (Wildman–Crippen LogP) is 4.39. The lowest BCUT2D eigenvalue weighted by Crippen LogP contribution is -2.59. The van der Waals surface area contributed by atoms with Gasteiger partial charge in [0.1, 0.15) is 31.5 Å². The summed E-state index contributed by atoms with van der Waals surface area (Å²) in [4.78, 5) is 62.8. The summed E-state index contributed by atoms with van der Waals surface area (Å²) in [5.74, 6) is -0.101. The fourth-order valence-corrected chi connectivity index (χ4v) is 8.95. The second-order valence-electron chi connectivity index (χ2n) is 16.9. The van der Waals surface area contributed by atoms with Gasteiger partial charge < -0.3 is 63.8 Å². The Hall–Kier alpha value is -6.54. The summed E-state index contributed by atoms with van der Waals surface area (Å²) >= 11 is 0. The maximum absolute atomic E-state index is 12.3. The van der Waals surface area contributed by atoms with Crippen LogP contribution in [0.2, 0.25) is 0 Å². The van der Waals surface area contributed by atoms with Crippen molar-refractivity contribution in [3.05, 3.63) is 119 Å². The third-order valence-corrected chi connectivity index (χ3v) is 12.7. The summed E-state index contributed by atoms with van der Waals surface area (Å²) in [5.41, 5.74) is 9.18. The number of aliphatic hydroxyl groups excluding tert-OH is 3. The van der Waals surface area contributed by atoms with E-state index in [1.165, 1.54) is 29.2 Å². The number of benzene rings is 4. The van der Waals surface area contributed by atoms with Crippen LogP contribution in [0.15, 0.2) is 97.1 Å². The summed E-state index contributed by atoms with van der Waals surface area (Å²) in [6.45, 7) is 8.33. The Kier molecular flexibility index (Phi) is 19.1. The number of rotatable bonds is 15. The molecule has 0 spiro atoms. The van der Waals surface area contributed by atoms with E-state index < -0.39 is 55.5 Å². The number of carbonyl (C=O) groups is 4. The summed E-state index contributed by atoms with van der Waals surface area (Å²) in [6, 6.07) is 32.5. The molecule has 5 N–H and O–H groups in total. The number of hydrogen-bond acceptors (Lipinski definition) is 17. The zero-order valence-corrected chi connectivity index (χ0v) is 39.0. The van der Waals surface area contributed by atoms with Crippen molar-refractivity contribution in [3.63, 3.8) is 0 Å². The van der Waals surface area contributed by atoms with Gasteiger partial charge in [0.25, 0.3) is 6.47 Å². The standard InChI is InChI=1S/C27H33NO6.C23H25NO9.CO2/c1-16-17(2)25(34-19(4)29)26(33-18(16)3)31-14-13-28-27(30)32-15-24-22-11-7-5-9-20(22)21-10-6-8-12-23(21)24;25-12-32-22-20(28)18(26)19(27)21(33-22)30-10-9-24-23(29)31-11-17-15-7-3-1-5-13(15)14-6-2-4-8-16(14)17;2-1-3/h5-12,16-18,24-26H,13-15H2,1-4H3,(H,28,30);1-8,12,17-22,26-28H,9-11H2,(H,24,29);/t16-,17-,18?,25?,26+;18-,19?,20+,21-,22?;/m01./s1. The molecular formula is C51H58N2O17. The number of carbonyl (C=O) groups excluding carboxylic acids is 6. The molecule has 0 radical (unpaired) electrons. The minimum absolute atomic E-state index is 0.0134. The predicted molar refractivity (Wildman–Crippen MR) is 245 cm³/mol. The average Bonchev–Trinajstić information content (AvgIpc) is 3.86. The topological polar surface area (TPSA) is 261 Å². The van der Waals surface area contributed by atoms with E-state index in [2.05, 4.69) is 46.6 Å². The van der Waals surface area contributed by atoms with Gasteiger partial charge in [0.15, 0.2) is 18.7 Å². The number of nitrogens with one attached hydrogen (secondary N) is 2. The smallest absolute Gasteiger partial charge is 0.407 e.